The van der Waals surface area contributed by atoms with Crippen LogP contribution in [0.2, 0.25) is 0 Å². The highest BCUT2D eigenvalue weighted by atomic mass is 32.2. The summed E-state index contributed by atoms with van der Waals surface area (Å²) in [5, 5.41) is 2.86. The smallest absolute Gasteiger partial charge is 0.244 e. The molecule has 0 aliphatic rings. The van der Waals surface area contributed by atoms with Crippen molar-refractivity contribution in [3.05, 3.63) is 101 Å². The van der Waals surface area contributed by atoms with Crippen LogP contribution < -0.4 is 9.62 Å². The lowest BCUT2D eigenvalue weighted by molar-refractivity contribution is -0.140. The number of likely N-dealkylation sites (N-methyl/N-ethyl adjacent to an activating group) is 1. The van der Waals surface area contributed by atoms with Gasteiger partial charge in [0.2, 0.25) is 21.8 Å². The molecule has 8 heteroatoms. The number of benzene rings is 3. The number of hydrogen-bond acceptors (Lipinski definition) is 4. The van der Waals surface area contributed by atoms with Crippen molar-refractivity contribution in [2.75, 3.05) is 23.7 Å². The Balaban J connectivity index is 2.05. The van der Waals surface area contributed by atoms with Gasteiger partial charge in [-0.1, -0.05) is 66.7 Å². The fraction of sp³-hybridized carbons (Fsp3) is 0.310. The molecule has 0 radical (unpaired) electrons. The third-order valence-electron chi connectivity index (χ3n) is 6.19. The van der Waals surface area contributed by atoms with E-state index >= 15 is 0 Å². The Morgan fingerprint density at radius 2 is 1.59 bits per heavy atom. The van der Waals surface area contributed by atoms with Crippen molar-refractivity contribution in [3.8, 4) is 0 Å². The van der Waals surface area contributed by atoms with E-state index in [1.807, 2.05) is 81.4 Å². The van der Waals surface area contributed by atoms with Gasteiger partial charge < -0.3 is 10.2 Å². The predicted octanol–water partition coefficient (Wildman–Crippen LogP) is 3.85. The summed E-state index contributed by atoms with van der Waals surface area (Å²) < 4.78 is 26.7. The number of carbonyl (C=O) groups is 2. The van der Waals surface area contributed by atoms with Crippen molar-refractivity contribution >= 4 is 27.5 Å². The average Bonchev–Trinajstić information content (AvgIpc) is 2.85. The maximum Gasteiger partial charge on any atom is 0.244 e. The number of nitrogens with zero attached hydrogens (tertiary/aromatic N) is 2. The minimum absolute atomic E-state index is 0.172. The van der Waals surface area contributed by atoms with E-state index in [4.69, 9.17) is 0 Å². The van der Waals surface area contributed by atoms with E-state index in [-0.39, 0.29) is 12.5 Å². The molecule has 1 N–H and O–H groups in total. The molecule has 0 aromatic heterocycles. The van der Waals surface area contributed by atoms with Crippen LogP contribution in [0.15, 0.2) is 78.9 Å². The first-order valence-electron chi connectivity index (χ1n) is 12.3. The highest BCUT2D eigenvalue weighted by molar-refractivity contribution is 7.92. The van der Waals surface area contributed by atoms with Crippen molar-refractivity contribution in [1.82, 2.24) is 10.2 Å². The predicted molar refractivity (Wildman–Crippen MR) is 148 cm³/mol. The van der Waals surface area contributed by atoms with Crippen molar-refractivity contribution in [2.24, 2.45) is 0 Å². The van der Waals surface area contributed by atoms with Crippen molar-refractivity contribution in [1.29, 1.82) is 0 Å². The Morgan fingerprint density at radius 3 is 2.22 bits per heavy atom. The lowest BCUT2D eigenvalue weighted by atomic mass is 10.0. The fourth-order valence-corrected chi connectivity index (χ4v) is 5.06. The highest BCUT2D eigenvalue weighted by Crippen LogP contribution is 2.22. The molecule has 0 aliphatic heterocycles. The molecule has 3 rings (SSSR count). The third-order valence-corrected chi connectivity index (χ3v) is 7.33. The number of nitrogens with one attached hydrogen (secondary N) is 1. The van der Waals surface area contributed by atoms with Crippen LogP contribution in [0.1, 0.15) is 29.2 Å². The number of rotatable bonds is 11. The van der Waals surface area contributed by atoms with Crippen LogP contribution in [-0.2, 0) is 32.6 Å². The summed E-state index contributed by atoms with van der Waals surface area (Å²) in [6.07, 6.45) is 1.38. The SMILES string of the molecule is CCNC(=O)[C@H](Cc1ccccc1)N(Cc1ccccc1C)C(=O)CN(c1cccc(C)c1)S(C)(=O)=O. The van der Waals surface area contributed by atoms with Gasteiger partial charge in [0.05, 0.1) is 11.9 Å². The van der Waals surface area contributed by atoms with Crippen LogP contribution in [0.3, 0.4) is 0 Å². The zero-order valence-corrected chi connectivity index (χ0v) is 22.7. The lowest BCUT2D eigenvalue weighted by Crippen LogP contribution is -2.53. The maximum absolute atomic E-state index is 14.0. The molecule has 0 fully saturated rings. The minimum atomic E-state index is -3.77. The molecule has 3 aromatic rings. The van der Waals surface area contributed by atoms with E-state index in [9.17, 15) is 18.0 Å². The topological polar surface area (TPSA) is 86.8 Å². The molecule has 196 valence electrons. The number of sulfonamides is 1. The summed E-state index contributed by atoms with van der Waals surface area (Å²) in [7, 11) is -3.77. The van der Waals surface area contributed by atoms with Crippen LogP contribution >= 0.6 is 0 Å². The Labute approximate surface area is 220 Å². The second-order valence-corrected chi connectivity index (χ2v) is 11.1. The molecule has 3 aromatic carbocycles. The second kappa shape index (κ2) is 12.5. The molecule has 2 amide bonds. The maximum atomic E-state index is 14.0. The number of aryl methyl sites for hydroxylation is 2. The molecule has 0 saturated heterocycles. The molecule has 0 unspecified atom stereocenters. The summed E-state index contributed by atoms with van der Waals surface area (Å²) >= 11 is 0. The van der Waals surface area contributed by atoms with Crippen molar-refractivity contribution in [3.63, 3.8) is 0 Å². The molecule has 0 saturated carbocycles. The Bertz CT molecular complexity index is 1330. The van der Waals surface area contributed by atoms with Gasteiger partial charge in [-0.25, -0.2) is 8.42 Å². The molecule has 37 heavy (non-hydrogen) atoms. The quantitative estimate of drug-likeness (QED) is 0.415. The molecule has 0 aliphatic carbocycles. The molecular weight excluding hydrogens is 486 g/mol. The van der Waals surface area contributed by atoms with E-state index in [1.54, 1.807) is 18.2 Å². The van der Waals surface area contributed by atoms with E-state index in [0.717, 1.165) is 32.8 Å². The van der Waals surface area contributed by atoms with Gasteiger partial charge in [0.15, 0.2) is 0 Å². The van der Waals surface area contributed by atoms with Gasteiger partial charge in [-0.2, -0.15) is 0 Å². The zero-order valence-electron chi connectivity index (χ0n) is 21.8. The molecule has 0 bridgehead atoms. The first-order valence-corrected chi connectivity index (χ1v) is 14.1. The van der Waals surface area contributed by atoms with Gasteiger partial charge >= 0.3 is 0 Å². The van der Waals surface area contributed by atoms with Gasteiger partial charge in [-0.15, -0.1) is 0 Å². The van der Waals surface area contributed by atoms with Crippen LogP contribution in [0.25, 0.3) is 0 Å². The number of carbonyl (C=O) groups excluding carboxylic acids is 2. The van der Waals surface area contributed by atoms with Crippen LogP contribution in [-0.4, -0.2) is 50.5 Å². The molecule has 7 nitrogen and oxygen atoms in total. The first kappa shape index (κ1) is 27.9. The number of hydrogen-bond donors (Lipinski definition) is 1. The average molecular weight is 522 g/mol. The van der Waals surface area contributed by atoms with Gasteiger partial charge in [-0.3, -0.25) is 13.9 Å². The third kappa shape index (κ3) is 7.67. The van der Waals surface area contributed by atoms with Crippen LogP contribution in [0.5, 0.6) is 0 Å². The van der Waals surface area contributed by atoms with E-state index in [2.05, 4.69) is 5.32 Å². The molecule has 0 spiro atoms. The number of anilines is 1. The molecule has 1 atom stereocenters. The van der Waals surface area contributed by atoms with E-state index in [1.165, 1.54) is 4.90 Å². The summed E-state index contributed by atoms with van der Waals surface area (Å²) in [6.45, 7) is 5.81. The van der Waals surface area contributed by atoms with Gasteiger partial charge in [-0.05, 0) is 55.2 Å². The van der Waals surface area contributed by atoms with Crippen LogP contribution in [0, 0.1) is 13.8 Å². The van der Waals surface area contributed by atoms with Crippen molar-refractivity contribution < 1.29 is 18.0 Å². The Hall–Kier alpha value is -3.65. The van der Waals surface area contributed by atoms with Gasteiger partial charge in [0.25, 0.3) is 0 Å². The normalized spacial score (nSPS) is 12.0. The van der Waals surface area contributed by atoms with Crippen LogP contribution in [0.4, 0.5) is 5.69 Å². The van der Waals surface area contributed by atoms with E-state index in [0.29, 0.717) is 18.7 Å². The molecule has 0 heterocycles. The summed E-state index contributed by atoms with van der Waals surface area (Å²) in [6, 6.07) is 23.4. The Kier molecular flexibility index (Phi) is 9.47. The first-order chi connectivity index (χ1) is 17.6. The van der Waals surface area contributed by atoms with E-state index < -0.39 is 28.5 Å². The Morgan fingerprint density at radius 1 is 0.919 bits per heavy atom. The zero-order chi connectivity index (χ0) is 27.0. The summed E-state index contributed by atoms with van der Waals surface area (Å²) in [5.74, 6) is -0.739. The standard InChI is InChI=1S/C29H35N3O4S/c1-5-30-29(34)27(19-24-14-7-6-8-15-24)31(20-25-16-10-9-13-23(25)3)28(33)21-32(37(4,35)36)26-17-11-12-22(2)18-26/h6-18,27H,5,19-21H2,1-4H3,(H,30,34)/t27-/m0/s1. The second-order valence-electron chi connectivity index (χ2n) is 9.16. The van der Waals surface area contributed by atoms with Gasteiger partial charge in [0, 0.05) is 19.5 Å². The number of amides is 2. The van der Waals surface area contributed by atoms with Gasteiger partial charge in [0.1, 0.15) is 12.6 Å². The summed E-state index contributed by atoms with van der Waals surface area (Å²) in [5.41, 5.74) is 4.05. The lowest BCUT2D eigenvalue weighted by Gasteiger charge is -2.33. The summed E-state index contributed by atoms with van der Waals surface area (Å²) in [4.78, 5) is 28.8. The minimum Gasteiger partial charge on any atom is -0.355 e. The van der Waals surface area contributed by atoms with Crippen molar-refractivity contribution in [2.45, 2.75) is 39.8 Å². The largest absolute Gasteiger partial charge is 0.355 e. The fourth-order valence-electron chi connectivity index (χ4n) is 4.21. The molecular formula is C29H35N3O4S. The monoisotopic (exact) mass is 521 g/mol. The highest BCUT2D eigenvalue weighted by Gasteiger charge is 2.33.